The van der Waals surface area contributed by atoms with Gasteiger partial charge in [0, 0.05) is 37.2 Å². The highest BCUT2D eigenvalue weighted by molar-refractivity contribution is 5.32. The summed E-state index contributed by atoms with van der Waals surface area (Å²) < 4.78 is 15.4. The van der Waals surface area contributed by atoms with Gasteiger partial charge in [-0.1, -0.05) is 12.1 Å². The van der Waals surface area contributed by atoms with Crippen LogP contribution in [0.25, 0.3) is 0 Å². The van der Waals surface area contributed by atoms with Gasteiger partial charge in [-0.3, -0.25) is 4.68 Å². The van der Waals surface area contributed by atoms with Crippen molar-refractivity contribution in [3.8, 4) is 0 Å². The lowest BCUT2D eigenvalue weighted by molar-refractivity contribution is 0.270. The molecule has 2 aromatic rings. The molecule has 1 aliphatic rings. The van der Waals surface area contributed by atoms with Crippen LogP contribution in [0.15, 0.2) is 36.5 Å². The van der Waals surface area contributed by atoms with E-state index in [0.717, 1.165) is 30.8 Å². The molecular weight excluding hydrogens is 253 g/mol. The van der Waals surface area contributed by atoms with Gasteiger partial charge in [-0.2, -0.15) is 5.10 Å². The maximum atomic E-state index is 13.5. The molecule has 1 aromatic heterocycles. The molecule has 0 aliphatic carbocycles. The second-order valence-electron chi connectivity index (χ2n) is 5.95. The van der Waals surface area contributed by atoms with Gasteiger partial charge < -0.3 is 5.32 Å². The zero-order valence-corrected chi connectivity index (χ0v) is 11.9. The molecule has 3 rings (SSSR count). The number of nitrogens with one attached hydrogen (secondary N) is 1. The van der Waals surface area contributed by atoms with Crippen LogP contribution >= 0.6 is 0 Å². The summed E-state index contributed by atoms with van der Waals surface area (Å²) in [6, 6.07) is 9.39. The Morgan fingerprint density at radius 1 is 1.35 bits per heavy atom. The quantitative estimate of drug-likeness (QED) is 0.928. The lowest BCUT2D eigenvalue weighted by atomic mass is 9.72. The van der Waals surface area contributed by atoms with E-state index in [2.05, 4.69) is 30.3 Å². The van der Waals surface area contributed by atoms with Crippen molar-refractivity contribution in [3.05, 3.63) is 53.6 Å². The molecular formula is C16H20FN3. The van der Waals surface area contributed by atoms with Gasteiger partial charge in [-0.15, -0.1) is 0 Å². The highest BCUT2D eigenvalue weighted by Gasteiger charge is 2.39. The lowest BCUT2D eigenvalue weighted by Gasteiger charge is -2.43. The van der Waals surface area contributed by atoms with Crippen LogP contribution in [0.4, 0.5) is 4.39 Å². The van der Waals surface area contributed by atoms with E-state index in [1.54, 1.807) is 12.1 Å². The van der Waals surface area contributed by atoms with Crippen LogP contribution in [-0.4, -0.2) is 22.9 Å². The molecule has 0 amide bonds. The maximum Gasteiger partial charge on any atom is 0.123 e. The topological polar surface area (TPSA) is 29.9 Å². The molecule has 1 fully saturated rings. The Labute approximate surface area is 118 Å². The van der Waals surface area contributed by atoms with Gasteiger partial charge in [0.2, 0.25) is 0 Å². The number of halogens is 1. The second-order valence-corrected chi connectivity index (χ2v) is 5.95. The van der Waals surface area contributed by atoms with Crippen LogP contribution in [0.5, 0.6) is 0 Å². The number of aromatic nitrogens is 2. The molecule has 0 radical (unpaired) electrons. The molecule has 1 N–H and O–H groups in total. The van der Waals surface area contributed by atoms with Crippen molar-refractivity contribution < 1.29 is 4.39 Å². The molecule has 1 saturated heterocycles. The minimum atomic E-state index is -0.165. The lowest BCUT2D eigenvalue weighted by Crippen LogP contribution is -2.58. The summed E-state index contributed by atoms with van der Waals surface area (Å²) in [5.41, 5.74) is 2.12. The van der Waals surface area contributed by atoms with E-state index < -0.39 is 0 Å². The van der Waals surface area contributed by atoms with Crippen molar-refractivity contribution in [2.24, 2.45) is 0 Å². The fraction of sp³-hybridized carbons (Fsp3) is 0.438. The second kappa shape index (κ2) is 5.02. The van der Waals surface area contributed by atoms with Gasteiger partial charge in [-0.25, -0.2) is 4.39 Å². The molecule has 1 aliphatic heterocycles. The fourth-order valence-corrected chi connectivity index (χ4v) is 2.78. The number of rotatable bonds is 4. The summed E-state index contributed by atoms with van der Waals surface area (Å²) in [4.78, 5) is 0. The minimum absolute atomic E-state index is 0.0156. The molecule has 20 heavy (non-hydrogen) atoms. The van der Waals surface area contributed by atoms with Gasteiger partial charge >= 0.3 is 0 Å². The van der Waals surface area contributed by atoms with Gasteiger partial charge in [0.25, 0.3) is 0 Å². The van der Waals surface area contributed by atoms with Crippen molar-refractivity contribution in [1.29, 1.82) is 0 Å². The fourth-order valence-electron chi connectivity index (χ4n) is 2.78. The molecule has 1 aromatic carbocycles. The van der Waals surface area contributed by atoms with Crippen molar-refractivity contribution in [3.63, 3.8) is 0 Å². The highest BCUT2D eigenvalue weighted by Crippen LogP contribution is 2.32. The van der Waals surface area contributed by atoms with Crippen LogP contribution in [0.3, 0.4) is 0 Å². The monoisotopic (exact) mass is 273 g/mol. The SMILES string of the molecule is CC(C)n1ccc(CC2(c3cccc(F)c3)CNC2)n1. The molecule has 0 unspecified atom stereocenters. The maximum absolute atomic E-state index is 13.5. The van der Waals surface area contributed by atoms with Crippen molar-refractivity contribution in [1.82, 2.24) is 15.1 Å². The molecule has 3 nitrogen and oxygen atoms in total. The predicted octanol–water partition coefficient (Wildman–Crippen LogP) is 2.69. The standard InChI is InChI=1S/C16H20FN3/c1-12(2)20-7-6-15(19-20)9-16(10-18-11-16)13-4-3-5-14(17)8-13/h3-8,12,18H,9-11H2,1-2H3. The molecule has 0 saturated carbocycles. The molecule has 2 heterocycles. The van der Waals surface area contributed by atoms with E-state index in [1.165, 1.54) is 6.07 Å². The van der Waals surface area contributed by atoms with Crippen LogP contribution in [0.1, 0.15) is 31.1 Å². The molecule has 4 heteroatoms. The first-order chi connectivity index (χ1) is 9.59. The van der Waals surface area contributed by atoms with Gasteiger partial charge in [0.05, 0.1) is 5.69 Å². The van der Waals surface area contributed by atoms with Gasteiger partial charge in [-0.05, 0) is 37.6 Å². The van der Waals surface area contributed by atoms with E-state index in [-0.39, 0.29) is 11.2 Å². The van der Waals surface area contributed by atoms with E-state index in [9.17, 15) is 4.39 Å². The minimum Gasteiger partial charge on any atom is -0.315 e. The Morgan fingerprint density at radius 3 is 2.70 bits per heavy atom. The summed E-state index contributed by atoms with van der Waals surface area (Å²) in [5, 5.41) is 7.93. The first-order valence-corrected chi connectivity index (χ1v) is 7.10. The molecule has 106 valence electrons. The third kappa shape index (κ3) is 2.36. The third-order valence-electron chi connectivity index (χ3n) is 4.08. The molecule has 0 atom stereocenters. The summed E-state index contributed by atoms with van der Waals surface area (Å²) in [5.74, 6) is -0.165. The zero-order chi connectivity index (χ0) is 14.2. The highest BCUT2D eigenvalue weighted by atomic mass is 19.1. The summed E-state index contributed by atoms with van der Waals surface area (Å²) in [7, 11) is 0. The third-order valence-corrected chi connectivity index (χ3v) is 4.08. The van der Waals surface area contributed by atoms with Crippen LogP contribution in [0, 0.1) is 5.82 Å². The Morgan fingerprint density at radius 2 is 2.15 bits per heavy atom. The van der Waals surface area contributed by atoms with Crippen molar-refractivity contribution >= 4 is 0 Å². The average molecular weight is 273 g/mol. The molecule has 0 spiro atoms. The number of benzene rings is 1. The van der Waals surface area contributed by atoms with Gasteiger partial charge in [0.1, 0.15) is 5.82 Å². The van der Waals surface area contributed by atoms with Crippen LogP contribution < -0.4 is 5.32 Å². The Balaban J connectivity index is 1.86. The Bertz CT molecular complexity index is 599. The van der Waals surface area contributed by atoms with Crippen molar-refractivity contribution in [2.75, 3.05) is 13.1 Å². The van der Waals surface area contributed by atoms with Crippen LogP contribution in [-0.2, 0) is 11.8 Å². The van der Waals surface area contributed by atoms with E-state index in [1.807, 2.05) is 16.9 Å². The van der Waals surface area contributed by atoms with Crippen LogP contribution in [0.2, 0.25) is 0 Å². The normalized spacial score (nSPS) is 17.2. The first kappa shape index (κ1) is 13.3. The smallest absolute Gasteiger partial charge is 0.123 e. The summed E-state index contributed by atoms with van der Waals surface area (Å²) in [6.07, 6.45) is 2.87. The summed E-state index contributed by atoms with van der Waals surface area (Å²) in [6.45, 7) is 5.99. The number of nitrogens with zero attached hydrogens (tertiary/aromatic N) is 2. The van der Waals surface area contributed by atoms with Gasteiger partial charge in [0.15, 0.2) is 0 Å². The Hall–Kier alpha value is -1.68. The largest absolute Gasteiger partial charge is 0.315 e. The zero-order valence-electron chi connectivity index (χ0n) is 11.9. The van der Waals surface area contributed by atoms with E-state index in [4.69, 9.17) is 0 Å². The predicted molar refractivity (Wildman–Crippen MR) is 77.3 cm³/mol. The first-order valence-electron chi connectivity index (χ1n) is 7.10. The summed E-state index contributed by atoms with van der Waals surface area (Å²) >= 11 is 0. The molecule has 0 bridgehead atoms. The van der Waals surface area contributed by atoms with Crippen molar-refractivity contribution in [2.45, 2.75) is 31.7 Å². The van der Waals surface area contributed by atoms with E-state index in [0.29, 0.717) is 6.04 Å². The number of hydrogen-bond donors (Lipinski definition) is 1. The number of hydrogen-bond acceptors (Lipinski definition) is 2. The Kier molecular flexibility index (Phi) is 3.34. The average Bonchev–Trinajstić information content (AvgIpc) is 2.82. The van der Waals surface area contributed by atoms with E-state index >= 15 is 0 Å².